The van der Waals surface area contributed by atoms with Crippen molar-refractivity contribution in [2.24, 2.45) is 0 Å². The summed E-state index contributed by atoms with van der Waals surface area (Å²) >= 11 is 11.9. The summed E-state index contributed by atoms with van der Waals surface area (Å²) in [5.74, 6) is -0.662. The molecule has 0 fully saturated rings. The van der Waals surface area contributed by atoms with Crippen molar-refractivity contribution in [3.05, 3.63) is 39.3 Å². The SMILES string of the molecule is COCC(=O)N1CCc2[nH]nc(-c3cc(F)c(Cl)cc3Cl)c2C1. The van der Waals surface area contributed by atoms with Gasteiger partial charge in [-0.25, -0.2) is 4.39 Å². The highest BCUT2D eigenvalue weighted by Crippen LogP contribution is 2.35. The first-order valence-electron chi connectivity index (χ1n) is 6.99. The number of aromatic amines is 1. The Morgan fingerprint density at radius 2 is 2.22 bits per heavy atom. The fourth-order valence-electron chi connectivity index (χ4n) is 2.65. The van der Waals surface area contributed by atoms with Crippen molar-refractivity contribution in [2.45, 2.75) is 13.0 Å². The van der Waals surface area contributed by atoms with Crippen LogP contribution in [0.5, 0.6) is 0 Å². The van der Waals surface area contributed by atoms with Crippen molar-refractivity contribution in [2.75, 3.05) is 20.3 Å². The molecular weight excluding hydrogens is 344 g/mol. The van der Waals surface area contributed by atoms with Gasteiger partial charge in [0.25, 0.3) is 0 Å². The van der Waals surface area contributed by atoms with Crippen LogP contribution in [0.25, 0.3) is 11.3 Å². The molecule has 0 saturated carbocycles. The number of carbonyl (C=O) groups is 1. The van der Waals surface area contributed by atoms with Gasteiger partial charge in [-0.15, -0.1) is 0 Å². The van der Waals surface area contributed by atoms with Crippen LogP contribution >= 0.6 is 23.2 Å². The maximum Gasteiger partial charge on any atom is 0.248 e. The summed E-state index contributed by atoms with van der Waals surface area (Å²) in [6, 6.07) is 2.61. The number of amides is 1. The van der Waals surface area contributed by atoms with Crippen LogP contribution in [0.4, 0.5) is 4.39 Å². The standard InChI is InChI=1S/C15H14Cl2FN3O2/c1-23-7-14(22)21-3-2-13-9(6-21)15(20-19-13)8-4-12(18)11(17)5-10(8)16/h4-5H,2-3,6-7H2,1H3,(H,19,20). The Bertz CT molecular complexity index is 763. The van der Waals surface area contributed by atoms with Gasteiger partial charge >= 0.3 is 0 Å². The van der Waals surface area contributed by atoms with Crippen molar-refractivity contribution in [3.63, 3.8) is 0 Å². The van der Waals surface area contributed by atoms with Crippen molar-refractivity contribution >= 4 is 29.1 Å². The van der Waals surface area contributed by atoms with Gasteiger partial charge in [-0.2, -0.15) is 5.10 Å². The highest BCUT2D eigenvalue weighted by Gasteiger charge is 2.26. The summed E-state index contributed by atoms with van der Waals surface area (Å²) < 4.78 is 18.7. The Morgan fingerprint density at radius 1 is 1.43 bits per heavy atom. The lowest BCUT2D eigenvalue weighted by Gasteiger charge is -2.27. The van der Waals surface area contributed by atoms with Gasteiger partial charge in [0.15, 0.2) is 0 Å². The van der Waals surface area contributed by atoms with Crippen LogP contribution in [0.2, 0.25) is 10.0 Å². The largest absolute Gasteiger partial charge is 0.375 e. The number of benzene rings is 1. The fraction of sp³-hybridized carbons (Fsp3) is 0.333. The number of hydrogen-bond donors (Lipinski definition) is 1. The molecule has 0 spiro atoms. The van der Waals surface area contributed by atoms with Crippen LogP contribution in [-0.2, 0) is 22.5 Å². The van der Waals surface area contributed by atoms with Crippen molar-refractivity contribution in [1.29, 1.82) is 0 Å². The maximum absolute atomic E-state index is 13.8. The van der Waals surface area contributed by atoms with Gasteiger partial charge in [0.1, 0.15) is 12.4 Å². The number of rotatable bonds is 3. The third-order valence-electron chi connectivity index (χ3n) is 3.82. The molecule has 1 aliphatic rings. The van der Waals surface area contributed by atoms with Crippen molar-refractivity contribution in [3.8, 4) is 11.3 Å². The normalized spacial score (nSPS) is 14.0. The minimum absolute atomic E-state index is 0.0266. The third kappa shape index (κ3) is 3.06. The van der Waals surface area contributed by atoms with E-state index in [2.05, 4.69) is 10.2 Å². The molecular formula is C15H14Cl2FN3O2. The third-order valence-corrected chi connectivity index (χ3v) is 4.42. The smallest absolute Gasteiger partial charge is 0.248 e. The van der Waals surface area contributed by atoms with E-state index in [1.807, 2.05) is 0 Å². The molecule has 0 saturated heterocycles. The molecule has 1 aromatic heterocycles. The lowest BCUT2D eigenvalue weighted by atomic mass is 10.0. The number of carbonyl (C=O) groups excluding carboxylic acids is 1. The highest BCUT2D eigenvalue weighted by molar-refractivity contribution is 6.36. The Kier molecular flexibility index (Phi) is 4.57. The Balaban J connectivity index is 1.97. The van der Waals surface area contributed by atoms with Crippen molar-refractivity contribution in [1.82, 2.24) is 15.1 Å². The predicted octanol–water partition coefficient (Wildman–Crippen LogP) is 3.05. The first kappa shape index (κ1) is 16.2. The average Bonchev–Trinajstić information content (AvgIpc) is 2.94. The fourth-order valence-corrected chi connectivity index (χ4v) is 3.12. The molecule has 2 aromatic rings. The zero-order chi connectivity index (χ0) is 16.6. The zero-order valence-electron chi connectivity index (χ0n) is 12.3. The number of H-pyrrole nitrogens is 1. The van der Waals surface area contributed by atoms with Crippen LogP contribution in [0, 0.1) is 5.82 Å². The number of ether oxygens (including phenoxy) is 1. The summed E-state index contributed by atoms with van der Waals surface area (Å²) in [7, 11) is 1.48. The van der Waals surface area contributed by atoms with Gasteiger partial charge in [0.05, 0.1) is 15.7 Å². The van der Waals surface area contributed by atoms with Crippen LogP contribution in [-0.4, -0.2) is 41.3 Å². The minimum Gasteiger partial charge on any atom is -0.375 e. The van der Waals surface area contributed by atoms with Crippen LogP contribution in [0.15, 0.2) is 12.1 Å². The minimum atomic E-state index is -0.564. The second-order valence-corrected chi connectivity index (χ2v) is 6.09. The molecule has 0 atom stereocenters. The molecule has 0 bridgehead atoms. The van der Waals surface area contributed by atoms with Gasteiger partial charge < -0.3 is 9.64 Å². The Morgan fingerprint density at radius 3 is 2.96 bits per heavy atom. The van der Waals surface area contributed by atoms with Gasteiger partial charge in [-0.1, -0.05) is 23.2 Å². The van der Waals surface area contributed by atoms with Gasteiger partial charge in [0, 0.05) is 43.4 Å². The molecule has 122 valence electrons. The van der Waals surface area contributed by atoms with Crippen molar-refractivity contribution < 1.29 is 13.9 Å². The second kappa shape index (κ2) is 6.47. The summed E-state index contributed by atoms with van der Waals surface area (Å²) in [4.78, 5) is 13.7. The molecule has 1 aliphatic heterocycles. The number of fused-ring (bicyclic) bond motifs is 1. The monoisotopic (exact) mass is 357 g/mol. The Labute approximate surface area is 142 Å². The van der Waals surface area contributed by atoms with E-state index in [0.29, 0.717) is 35.8 Å². The molecule has 2 heterocycles. The molecule has 5 nitrogen and oxygen atoms in total. The van der Waals surface area contributed by atoms with Gasteiger partial charge in [-0.05, 0) is 12.1 Å². The highest BCUT2D eigenvalue weighted by atomic mass is 35.5. The maximum atomic E-state index is 13.8. The summed E-state index contributed by atoms with van der Waals surface area (Å²) in [6.07, 6.45) is 0.644. The number of nitrogens with zero attached hydrogens (tertiary/aromatic N) is 2. The molecule has 23 heavy (non-hydrogen) atoms. The summed E-state index contributed by atoms with van der Waals surface area (Å²) in [5, 5.41) is 7.46. The number of methoxy groups -OCH3 is 1. The molecule has 1 N–H and O–H groups in total. The number of nitrogens with one attached hydrogen (secondary N) is 1. The quantitative estimate of drug-likeness (QED) is 0.858. The van der Waals surface area contributed by atoms with Gasteiger partial charge in [0.2, 0.25) is 5.91 Å². The Hall–Kier alpha value is -1.63. The van der Waals surface area contributed by atoms with Crippen LogP contribution < -0.4 is 0 Å². The molecule has 1 amide bonds. The molecule has 8 heteroatoms. The summed E-state index contributed by atoms with van der Waals surface area (Å²) in [5.41, 5.74) is 2.75. The average molecular weight is 358 g/mol. The van der Waals surface area contributed by atoms with Crippen LogP contribution in [0.1, 0.15) is 11.3 Å². The molecule has 0 aliphatic carbocycles. The van der Waals surface area contributed by atoms with E-state index < -0.39 is 5.82 Å². The zero-order valence-corrected chi connectivity index (χ0v) is 13.8. The lowest BCUT2D eigenvalue weighted by Crippen LogP contribution is -2.38. The molecule has 0 radical (unpaired) electrons. The first-order chi connectivity index (χ1) is 11.0. The van der Waals surface area contributed by atoms with E-state index in [0.717, 1.165) is 11.3 Å². The lowest BCUT2D eigenvalue weighted by molar-refractivity contribution is -0.136. The number of aromatic nitrogens is 2. The van der Waals surface area contributed by atoms with Crippen LogP contribution in [0.3, 0.4) is 0 Å². The summed E-state index contributed by atoms with van der Waals surface area (Å²) in [6.45, 7) is 0.988. The number of halogens is 3. The van der Waals surface area contributed by atoms with Gasteiger partial charge in [-0.3, -0.25) is 9.89 Å². The first-order valence-corrected chi connectivity index (χ1v) is 7.74. The molecule has 3 rings (SSSR count). The second-order valence-electron chi connectivity index (χ2n) is 5.27. The molecule has 0 unspecified atom stereocenters. The van der Waals surface area contributed by atoms with E-state index in [1.165, 1.54) is 19.2 Å². The van der Waals surface area contributed by atoms with E-state index in [1.54, 1.807) is 4.90 Å². The topological polar surface area (TPSA) is 58.2 Å². The van der Waals surface area contributed by atoms with E-state index >= 15 is 0 Å². The molecule has 1 aromatic carbocycles. The van der Waals surface area contributed by atoms with E-state index in [4.69, 9.17) is 27.9 Å². The predicted molar refractivity (Wildman–Crippen MR) is 85.0 cm³/mol. The number of hydrogen-bond acceptors (Lipinski definition) is 3. The van der Waals surface area contributed by atoms with E-state index in [9.17, 15) is 9.18 Å². The van der Waals surface area contributed by atoms with E-state index in [-0.39, 0.29) is 17.5 Å².